The van der Waals surface area contributed by atoms with Crippen molar-refractivity contribution in [3.63, 3.8) is 0 Å². The number of fused-ring (bicyclic) bond motifs is 3. The summed E-state index contributed by atoms with van der Waals surface area (Å²) in [6, 6.07) is 18.4. The second-order valence-electron chi connectivity index (χ2n) is 9.57. The van der Waals surface area contributed by atoms with E-state index >= 15 is 0 Å². The third-order valence-corrected chi connectivity index (χ3v) is 6.59. The molecule has 6 nitrogen and oxygen atoms in total. The molecule has 0 radical (unpaired) electrons. The van der Waals surface area contributed by atoms with Gasteiger partial charge in [0.2, 0.25) is 0 Å². The Kier molecular flexibility index (Phi) is 4.79. The minimum Gasteiger partial charge on any atom is -0.493 e. The number of hydrogen-bond donors (Lipinski definition) is 3. The molecule has 1 aromatic heterocycles. The molecule has 1 amide bonds. The van der Waals surface area contributed by atoms with Gasteiger partial charge in [0.15, 0.2) is 5.43 Å². The van der Waals surface area contributed by atoms with Crippen LogP contribution >= 0.6 is 0 Å². The minimum atomic E-state index is -0.649. The Morgan fingerprint density at radius 2 is 1.82 bits per heavy atom. The zero-order chi connectivity index (χ0) is 23.4. The number of amides is 1. The second-order valence-corrected chi connectivity index (χ2v) is 9.57. The second kappa shape index (κ2) is 7.46. The average molecular weight is 442 g/mol. The predicted molar refractivity (Wildman–Crippen MR) is 131 cm³/mol. The van der Waals surface area contributed by atoms with E-state index in [-0.39, 0.29) is 11.3 Å². The van der Waals surface area contributed by atoms with Gasteiger partial charge in [-0.2, -0.15) is 0 Å². The van der Waals surface area contributed by atoms with Crippen LogP contribution in [0.25, 0.3) is 21.8 Å². The van der Waals surface area contributed by atoms with E-state index in [1.807, 2.05) is 57.2 Å². The van der Waals surface area contributed by atoms with Gasteiger partial charge in [-0.1, -0.05) is 24.3 Å². The molecule has 0 bridgehead atoms. The molecule has 0 saturated carbocycles. The normalized spacial score (nSPS) is 18.1. The number of nitrogens with one attached hydrogen (secondary N) is 2. The lowest BCUT2D eigenvalue weighted by Gasteiger charge is -2.34. The fourth-order valence-electron chi connectivity index (χ4n) is 4.51. The van der Waals surface area contributed by atoms with E-state index in [9.17, 15) is 9.59 Å². The average Bonchev–Trinajstić information content (AvgIpc) is 2.78. The minimum absolute atomic E-state index is 0.0485. The van der Waals surface area contributed by atoms with Gasteiger partial charge < -0.3 is 20.8 Å². The number of nitrogens with two attached hydrogens (primary N) is 1. The summed E-state index contributed by atoms with van der Waals surface area (Å²) < 4.78 is 5.85. The molecule has 3 aromatic carbocycles. The Balaban J connectivity index is 1.46. The first-order valence-corrected chi connectivity index (χ1v) is 11.1. The smallest absolute Gasteiger partial charge is 0.252 e. The van der Waals surface area contributed by atoms with Crippen molar-refractivity contribution in [3.05, 3.63) is 87.6 Å². The van der Waals surface area contributed by atoms with E-state index in [4.69, 9.17) is 10.5 Å². The molecule has 168 valence electrons. The van der Waals surface area contributed by atoms with Gasteiger partial charge in [0, 0.05) is 39.4 Å². The number of benzene rings is 3. The van der Waals surface area contributed by atoms with Crippen LogP contribution in [0.5, 0.6) is 5.75 Å². The third kappa shape index (κ3) is 3.66. The van der Waals surface area contributed by atoms with Crippen LogP contribution in [-0.2, 0) is 11.1 Å². The van der Waals surface area contributed by atoms with Crippen molar-refractivity contribution < 1.29 is 9.53 Å². The van der Waals surface area contributed by atoms with Gasteiger partial charge >= 0.3 is 0 Å². The van der Waals surface area contributed by atoms with Crippen molar-refractivity contribution in [3.8, 4) is 5.75 Å². The number of pyridine rings is 1. The van der Waals surface area contributed by atoms with Gasteiger partial charge in [-0.15, -0.1) is 0 Å². The van der Waals surface area contributed by atoms with Crippen LogP contribution in [0.2, 0.25) is 0 Å². The first-order chi connectivity index (χ1) is 15.7. The quantitative estimate of drug-likeness (QED) is 0.413. The van der Waals surface area contributed by atoms with Gasteiger partial charge in [0.05, 0.1) is 17.7 Å². The molecule has 1 unspecified atom stereocenters. The van der Waals surface area contributed by atoms with Crippen molar-refractivity contribution in [1.82, 2.24) is 10.3 Å². The van der Waals surface area contributed by atoms with E-state index in [1.54, 1.807) is 24.3 Å². The SMILES string of the molecule is CC1(N)CCOc2cc(C(C)(C)NC(=O)c3ccc4c(=O)c5ccccc5[nH]c4c3)ccc21. The van der Waals surface area contributed by atoms with Crippen LogP contribution in [0.15, 0.2) is 65.5 Å². The summed E-state index contributed by atoms with van der Waals surface area (Å²) in [7, 11) is 0. The van der Waals surface area contributed by atoms with Crippen LogP contribution in [-0.4, -0.2) is 17.5 Å². The molecule has 0 aliphatic carbocycles. The number of carbonyl (C=O) groups is 1. The van der Waals surface area contributed by atoms with Crippen molar-refractivity contribution in [2.75, 3.05) is 6.61 Å². The molecular formula is C27H27N3O3. The number of hydrogen-bond acceptors (Lipinski definition) is 4. The molecule has 0 fully saturated rings. The molecule has 1 atom stereocenters. The Bertz CT molecular complexity index is 1470. The van der Waals surface area contributed by atoms with E-state index in [0.717, 1.165) is 28.8 Å². The van der Waals surface area contributed by atoms with E-state index < -0.39 is 11.1 Å². The van der Waals surface area contributed by atoms with Crippen molar-refractivity contribution >= 4 is 27.7 Å². The molecular weight excluding hydrogens is 414 g/mol. The Morgan fingerprint density at radius 1 is 1.06 bits per heavy atom. The van der Waals surface area contributed by atoms with Crippen LogP contribution in [0.3, 0.4) is 0 Å². The topological polar surface area (TPSA) is 97.2 Å². The highest BCUT2D eigenvalue weighted by Crippen LogP contribution is 2.37. The molecule has 4 N–H and O–H groups in total. The van der Waals surface area contributed by atoms with Crippen LogP contribution < -0.4 is 21.2 Å². The number of aromatic amines is 1. The molecule has 33 heavy (non-hydrogen) atoms. The maximum atomic E-state index is 13.2. The molecule has 1 aliphatic heterocycles. The summed E-state index contributed by atoms with van der Waals surface area (Å²) in [5.41, 5.74) is 9.05. The van der Waals surface area contributed by atoms with Gasteiger partial charge in [-0.25, -0.2) is 0 Å². The highest BCUT2D eigenvalue weighted by molar-refractivity contribution is 6.00. The maximum Gasteiger partial charge on any atom is 0.252 e. The lowest BCUT2D eigenvalue weighted by atomic mass is 9.84. The van der Waals surface area contributed by atoms with Crippen LogP contribution in [0, 0.1) is 0 Å². The number of H-pyrrole nitrogens is 1. The van der Waals surface area contributed by atoms with Gasteiger partial charge in [-0.3, -0.25) is 9.59 Å². The molecule has 6 heteroatoms. The zero-order valence-corrected chi connectivity index (χ0v) is 19.0. The number of aromatic nitrogens is 1. The van der Waals surface area contributed by atoms with Gasteiger partial charge in [-0.05, 0) is 62.7 Å². The van der Waals surface area contributed by atoms with Crippen molar-refractivity contribution in [2.24, 2.45) is 5.73 Å². The van der Waals surface area contributed by atoms with Gasteiger partial charge in [0.1, 0.15) is 5.75 Å². The number of para-hydroxylation sites is 1. The van der Waals surface area contributed by atoms with E-state index in [0.29, 0.717) is 28.5 Å². The highest BCUT2D eigenvalue weighted by Gasteiger charge is 2.31. The van der Waals surface area contributed by atoms with Crippen LogP contribution in [0.1, 0.15) is 48.7 Å². The molecule has 5 rings (SSSR count). The fraction of sp³-hybridized carbons (Fsp3) is 0.259. The summed E-state index contributed by atoms with van der Waals surface area (Å²) in [6.07, 6.45) is 0.763. The predicted octanol–water partition coefficient (Wildman–Crippen LogP) is 4.30. The number of rotatable bonds is 3. The van der Waals surface area contributed by atoms with Crippen molar-refractivity contribution in [2.45, 2.75) is 38.3 Å². The summed E-state index contributed by atoms with van der Waals surface area (Å²) in [5.74, 6) is 0.541. The summed E-state index contributed by atoms with van der Waals surface area (Å²) in [6.45, 7) is 6.48. The largest absolute Gasteiger partial charge is 0.493 e. The van der Waals surface area contributed by atoms with Crippen molar-refractivity contribution in [1.29, 1.82) is 0 Å². The molecule has 4 aromatic rings. The Morgan fingerprint density at radius 3 is 2.64 bits per heavy atom. The van der Waals surface area contributed by atoms with Gasteiger partial charge in [0.25, 0.3) is 5.91 Å². The van der Waals surface area contributed by atoms with Crippen LogP contribution in [0.4, 0.5) is 0 Å². The fourth-order valence-corrected chi connectivity index (χ4v) is 4.51. The van der Waals surface area contributed by atoms with E-state index in [2.05, 4.69) is 10.3 Å². The Labute approximate surface area is 191 Å². The molecule has 0 saturated heterocycles. The summed E-state index contributed by atoms with van der Waals surface area (Å²) in [5, 5.41) is 4.30. The number of ether oxygens (including phenoxy) is 1. The first-order valence-electron chi connectivity index (χ1n) is 11.1. The lowest BCUT2D eigenvalue weighted by Crippen LogP contribution is -2.42. The maximum absolute atomic E-state index is 13.2. The lowest BCUT2D eigenvalue weighted by molar-refractivity contribution is 0.0911. The number of carbonyl (C=O) groups excluding carboxylic acids is 1. The molecule has 2 heterocycles. The summed E-state index contributed by atoms with van der Waals surface area (Å²) >= 11 is 0. The van der Waals surface area contributed by atoms with E-state index in [1.165, 1.54) is 0 Å². The molecule has 1 aliphatic rings. The summed E-state index contributed by atoms with van der Waals surface area (Å²) in [4.78, 5) is 29.2. The third-order valence-electron chi connectivity index (χ3n) is 6.59. The standard InChI is InChI=1S/C27H27N3O3/c1-26(2,17-9-11-20-23(15-17)33-13-12-27(20,3)28)30-25(32)16-8-10-19-22(14-16)29-21-7-5-4-6-18(21)24(19)31/h4-11,14-15H,12-13,28H2,1-3H3,(H,29,31)(H,30,32). The molecule has 0 spiro atoms. The monoisotopic (exact) mass is 441 g/mol. The first kappa shape index (κ1) is 21.2. The highest BCUT2D eigenvalue weighted by atomic mass is 16.5. The zero-order valence-electron chi connectivity index (χ0n) is 19.0. The Hall–Kier alpha value is -3.64.